The molecular weight excluding hydrogens is 234 g/mol. The van der Waals surface area contributed by atoms with E-state index in [0.29, 0.717) is 19.6 Å². The van der Waals surface area contributed by atoms with E-state index < -0.39 is 5.92 Å². The number of amides is 1. The Bertz CT molecular complexity index is 257. The fourth-order valence-corrected chi connectivity index (χ4v) is 1.53. The van der Waals surface area contributed by atoms with E-state index in [0.717, 1.165) is 25.9 Å². The van der Waals surface area contributed by atoms with Crippen molar-refractivity contribution in [2.24, 2.45) is 16.8 Å². The lowest BCUT2D eigenvalue weighted by atomic mass is 10.0. The summed E-state index contributed by atoms with van der Waals surface area (Å²) in [5.41, 5.74) is 5.49. The first kappa shape index (κ1) is 16.7. The molecule has 0 spiro atoms. The fraction of sp³-hybridized carbons (Fsp3) is 0.833. The summed E-state index contributed by atoms with van der Waals surface area (Å²) in [6.07, 6.45) is 3.14. The summed E-state index contributed by atoms with van der Waals surface area (Å²) in [4.78, 5) is 11.8. The van der Waals surface area contributed by atoms with Crippen molar-refractivity contribution in [3.63, 3.8) is 0 Å². The molecule has 0 fully saturated rings. The molecule has 0 aromatic heterocycles. The molecule has 0 saturated carbocycles. The van der Waals surface area contributed by atoms with E-state index in [1.165, 1.54) is 0 Å². The zero-order valence-corrected chi connectivity index (χ0v) is 11.3. The lowest BCUT2D eigenvalue weighted by Gasteiger charge is -2.14. The van der Waals surface area contributed by atoms with Gasteiger partial charge in [-0.3, -0.25) is 4.79 Å². The third-order valence-electron chi connectivity index (χ3n) is 2.48. The number of ether oxygens (including phenoxy) is 1. The molecule has 0 aromatic carbocycles. The molecule has 0 bridgehead atoms. The number of amidine groups is 1. The summed E-state index contributed by atoms with van der Waals surface area (Å²) >= 11 is 0. The van der Waals surface area contributed by atoms with Crippen molar-refractivity contribution in [1.29, 1.82) is 0 Å². The Morgan fingerprint density at radius 1 is 1.39 bits per heavy atom. The number of rotatable bonds is 10. The molecule has 0 aromatic rings. The molecule has 0 radical (unpaired) electrons. The first-order chi connectivity index (χ1) is 8.67. The van der Waals surface area contributed by atoms with Crippen molar-refractivity contribution >= 4 is 11.7 Å². The van der Waals surface area contributed by atoms with Gasteiger partial charge >= 0.3 is 0 Å². The van der Waals surface area contributed by atoms with Crippen LogP contribution in [0.25, 0.3) is 0 Å². The Morgan fingerprint density at radius 2 is 2.11 bits per heavy atom. The number of nitrogens with zero attached hydrogens (tertiary/aromatic N) is 1. The zero-order chi connectivity index (χ0) is 13.8. The lowest BCUT2D eigenvalue weighted by molar-refractivity contribution is -0.123. The van der Waals surface area contributed by atoms with Crippen LogP contribution in [0, 0.1) is 5.92 Å². The molecule has 0 aliphatic heterocycles. The standard InChI is InChI=1S/C12H25N3O3/c1-3-6-10(11(13)15-17)12(16)14-7-5-9-18-8-4-2/h10,17H,3-9H2,1-2H3,(H2,13,15)(H,14,16). The van der Waals surface area contributed by atoms with Crippen molar-refractivity contribution in [1.82, 2.24) is 5.32 Å². The van der Waals surface area contributed by atoms with E-state index in [1.54, 1.807) is 0 Å². The quantitative estimate of drug-likeness (QED) is 0.180. The monoisotopic (exact) mass is 259 g/mol. The number of oxime groups is 1. The molecule has 0 aliphatic rings. The van der Waals surface area contributed by atoms with Gasteiger partial charge < -0.3 is 21.0 Å². The molecule has 6 heteroatoms. The Morgan fingerprint density at radius 3 is 2.67 bits per heavy atom. The van der Waals surface area contributed by atoms with Gasteiger partial charge in [-0.2, -0.15) is 0 Å². The second-order valence-electron chi connectivity index (χ2n) is 4.12. The molecule has 0 aliphatic carbocycles. The van der Waals surface area contributed by atoms with Crippen LogP contribution in [-0.4, -0.2) is 36.7 Å². The van der Waals surface area contributed by atoms with Gasteiger partial charge in [-0.05, 0) is 19.3 Å². The predicted molar refractivity (Wildman–Crippen MR) is 70.5 cm³/mol. The summed E-state index contributed by atoms with van der Waals surface area (Å²) in [6.45, 7) is 5.92. The largest absolute Gasteiger partial charge is 0.409 e. The summed E-state index contributed by atoms with van der Waals surface area (Å²) in [6, 6.07) is 0. The molecule has 0 saturated heterocycles. The van der Waals surface area contributed by atoms with Gasteiger partial charge in [-0.15, -0.1) is 0 Å². The zero-order valence-electron chi connectivity index (χ0n) is 11.3. The average molecular weight is 259 g/mol. The van der Waals surface area contributed by atoms with Crippen LogP contribution in [0.3, 0.4) is 0 Å². The first-order valence-corrected chi connectivity index (χ1v) is 6.50. The van der Waals surface area contributed by atoms with E-state index in [2.05, 4.69) is 10.5 Å². The van der Waals surface area contributed by atoms with Crippen LogP contribution < -0.4 is 11.1 Å². The van der Waals surface area contributed by atoms with E-state index in [9.17, 15) is 4.79 Å². The van der Waals surface area contributed by atoms with Gasteiger partial charge in [-0.25, -0.2) is 0 Å². The summed E-state index contributed by atoms with van der Waals surface area (Å²) in [5, 5.41) is 14.3. The van der Waals surface area contributed by atoms with Crippen molar-refractivity contribution < 1.29 is 14.7 Å². The van der Waals surface area contributed by atoms with Crippen LogP contribution in [0.5, 0.6) is 0 Å². The number of carbonyl (C=O) groups is 1. The summed E-state index contributed by atoms with van der Waals surface area (Å²) in [7, 11) is 0. The molecule has 0 rings (SSSR count). The highest BCUT2D eigenvalue weighted by Crippen LogP contribution is 2.06. The Labute approximate surface area is 109 Å². The SMILES string of the molecule is CCCOCCCNC(=O)C(CCC)C(N)=NO. The van der Waals surface area contributed by atoms with E-state index in [-0.39, 0.29) is 11.7 Å². The maximum absolute atomic E-state index is 11.8. The van der Waals surface area contributed by atoms with E-state index >= 15 is 0 Å². The summed E-state index contributed by atoms with van der Waals surface area (Å²) < 4.78 is 5.30. The topological polar surface area (TPSA) is 96.9 Å². The third kappa shape index (κ3) is 7.11. The van der Waals surface area contributed by atoms with Crippen LogP contribution in [0.2, 0.25) is 0 Å². The first-order valence-electron chi connectivity index (χ1n) is 6.50. The number of nitrogens with two attached hydrogens (primary N) is 1. The number of nitrogens with one attached hydrogen (secondary N) is 1. The minimum atomic E-state index is -0.545. The number of carbonyl (C=O) groups excluding carboxylic acids is 1. The molecule has 18 heavy (non-hydrogen) atoms. The van der Waals surface area contributed by atoms with Gasteiger partial charge in [-0.1, -0.05) is 25.4 Å². The van der Waals surface area contributed by atoms with Gasteiger partial charge in [0.25, 0.3) is 0 Å². The average Bonchev–Trinajstić information content (AvgIpc) is 2.38. The molecule has 6 nitrogen and oxygen atoms in total. The molecule has 1 unspecified atom stereocenters. The van der Waals surface area contributed by atoms with Crippen LogP contribution in [0.4, 0.5) is 0 Å². The van der Waals surface area contributed by atoms with Crippen LogP contribution >= 0.6 is 0 Å². The predicted octanol–water partition coefficient (Wildman–Crippen LogP) is 1.08. The Kier molecular flexibility index (Phi) is 10.0. The normalized spacial score (nSPS) is 13.3. The minimum Gasteiger partial charge on any atom is -0.409 e. The van der Waals surface area contributed by atoms with Crippen LogP contribution in [0.15, 0.2) is 5.16 Å². The third-order valence-corrected chi connectivity index (χ3v) is 2.48. The molecule has 106 valence electrons. The van der Waals surface area contributed by atoms with Gasteiger partial charge in [0, 0.05) is 19.8 Å². The number of hydrogen-bond acceptors (Lipinski definition) is 4. The second kappa shape index (κ2) is 10.8. The highest BCUT2D eigenvalue weighted by molar-refractivity contribution is 6.01. The molecule has 1 amide bonds. The Hall–Kier alpha value is -1.30. The van der Waals surface area contributed by atoms with Gasteiger partial charge in [0.05, 0.1) is 5.92 Å². The van der Waals surface area contributed by atoms with Gasteiger partial charge in [0.15, 0.2) is 5.84 Å². The molecular formula is C12H25N3O3. The van der Waals surface area contributed by atoms with Crippen LogP contribution in [0.1, 0.15) is 39.5 Å². The second-order valence-corrected chi connectivity index (χ2v) is 4.12. The molecule has 1 atom stereocenters. The molecule has 4 N–H and O–H groups in total. The maximum atomic E-state index is 11.8. The lowest BCUT2D eigenvalue weighted by Crippen LogP contribution is -2.39. The Balaban J connectivity index is 3.89. The van der Waals surface area contributed by atoms with E-state index in [1.807, 2.05) is 13.8 Å². The smallest absolute Gasteiger partial charge is 0.230 e. The van der Waals surface area contributed by atoms with Crippen molar-refractivity contribution in [3.8, 4) is 0 Å². The molecule has 0 heterocycles. The summed E-state index contributed by atoms with van der Waals surface area (Å²) in [5.74, 6) is -0.768. The minimum absolute atomic E-state index is 0.0309. The fourth-order valence-electron chi connectivity index (χ4n) is 1.53. The van der Waals surface area contributed by atoms with E-state index in [4.69, 9.17) is 15.7 Å². The van der Waals surface area contributed by atoms with Gasteiger partial charge in [0.2, 0.25) is 5.91 Å². The van der Waals surface area contributed by atoms with Crippen molar-refractivity contribution in [3.05, 3.63) is 0 Å². The number of hydrogen-bond donors (Lipinski definition) is 3. The van der Waals surface area contributed by atoms with Gasteiger partial charge in [0.1, 0.15) is 0 Å². The van der Waals surface area contributed by atoms with Crippen LogP contribution in [-0.2, 0) is 9.53 Å². The van der Waals surface area contributed by atoms with Crippen molar-refractivity contribution in [2.75, 3.05) is 19.8 Å². The van der Waals surface area contributed by atoms with Crippen molar-refractivity contribution in [2.45, 2.75) is 39.5 Å². The highest BCUT2D eigenvalue weighted by atomic mass is 16.5. The maximum Gasteiger partial charge on any atom is 0.230 e. The highest BCUT2D eigenvalue weighted by Gasteiger charge is 2.21.